The third-order valence-electron chi connectivity index (χ3n) is 8.72. The molecule has 51 heavy (non-hydrogen) atoms. The number of aromatic amines is 1. The zero-order valence-electron chi connectivity index (χ0n) is 27.4. The minimum atomic E-state index is -5.14. The van der Waals surface area contributed by atoms with Crippen molar-refractivity contribution in [3.63, 3.8) is 0 Å². The fourth-order valence-corrected chi connectivity index (χ4v) is 6.18. The number of aromatic nitrogens is 1. The number of nitrogens with zero attached hydrogens (tertiary/aromatic N) is 4. The van der Waals surface area contributed by atoms with Gasteiger partial charge in [-0.25, -0.2) is 0 Å². The summed E-state index contributed by atoms with van der Waals surface area (Å²) in [6.45, 7) is 0.223. The predicted octanol–water partition coefficient (Wildman–Crippen LogP) is 7.64. The maximum absolute atomic E-state index is 14.1. The number of rotatable bonds is 9. The van der Waals surface area contributed by atoms with Crippen molar-refractivity contribution in [3.05, 3.63) is 117 Å². The monoisotopic (exact) mass is 737 g/mol. The number of piperazine rings is 1. The second kappa shape index (κ2) is 15.6. The third-order valence-corrected chi connectivity index (χ3v) is 8.72. The topological polar surface area (TPSA) is 103 Å². The normalized spacial score (nSPS) is 16.1. The Hall–Kier alpha value is -4.89. The van der Waals surface area contributed by atoms with E-state index in [1.807, 2.05) is 43.3 Å². The number of fused-ring (bicyclic) bond motifs is 1. The lowest BCUT2D eigenvalue weighted by Gasteiger charge is -2.45. The van der Waals surface area contributed by atoms with Gasteiger partial charge in [-0.05, 0) is 80.7 Å². The Labute approximate surface area is 295 Å². The Morgan fingerprint density at radius 1 is 0.980 bits per heavy atom. The fourth-order valence-electron chi connectivity index (χ4n) is 6.18. The van der Waals surface area contributed by atoms with E-state index < -0.39 is 57.7 Å². The maximum atomic E-state index is 14.1. The van der Waals surface area contributed by atoms with Crippen molar-refractivity contribution in [2.45, 2.75) is 30.7 Å². The largest absolute Gasteiger partial charge is 0.416 e. The number of hydrogen-bond donors (Lipinski definition) is 1. The van der Waals surface area contributed by atoms with Crippen LogP contribution in [0.1, 0.15) is 45.0 Å². The number of carbonyl (C=O) groups is 2. The highest BCUT2D eigenvalue weighted by atomic mass is 35.5. The molecule has 1 aromatic heterocycles. The average Bonchev–Trinajstić information content (AvgIpc) is 3.50. The van der Waals surface area contributed by atoms with Gasteiger partial charge in [-0.3, -0.25) is 19.7 Å². The van der Waals surface area contributed by atoms with Gasteiger partial charge in [0.1, 0.15) is 0 Å². The van der Waals surface area contributed by atoms with E-state index in [1.54, 1.807) is 6.20 Å². The van der Waals surface area contributed by atoms with Crippen LogP contribution in [0.5, 0.6) is 0 Å². The highest BCUT2D eigenvalue weighted by Crippen LogP contribution is 2.39. The summed E-state index contributed by atoms with van der Waals surface area (Å²) >= 11 is 0. The molecule has 4 aromatic rings. The molecule has 0 spiro atoms. The van der Waals surface area contributed by atoms with Gasteiger partial charge in [0.25, 0.3) is 11.6 Å². The molecule has 9 nitrogen and oxygen atoms in total. The molecular weight excluding hydrogens is 704 g/mol. The van der Waals surface area contributed by atoms with E-state index in [1.165, 1.54) is 46.2 Å². The number of nitrogens with one attached hydrogen (secondary N) is 1. The summed E-state index contributed by atoms with van der Waals surface area (Å²) in [7, 11) is 3.69. The van der Waals surface area contributed by atoms with Gasteiger partial charge in [0, 0.05) is 66.4 Å². The number of halogens is 7. The second-order valence-corrected chi connectivity index (χ2v) is 12.3. The molecule has 5 rings (SSSR count). The summed E-state index contributed by atoms with van der Waals surface area (Å²) in [4.78, 5) is 45.9. The number of alkyl halides is 6. The molecule has 1 N–H and O–H groups in total. The third kappa shape index (κ3) is 9.08. The van der Waals surface area contributed by atoms with E-state index in [4.69, 9.17) is 0 Å². The summed E-state index contributed by atoms with van der Waals surface area (Å²) in [6.07, 6.45) is -5.33. The van der Waals surface area contributed by atoms with Gasteiger partial charge in [-0.2, -0.15) is 26.3 Å². The number of amides is 2. The lowest BCUT2D eigenvalue weighted by Crippen LogP contribution is -2.58. The van der Waals surface area contributed by atoms with Crippen molar-refractivity contribution in [1.82, 2.24) is 19.7 Å². The molecule has 0 radical (unpaired) electrons. The van der Waals surface area contributed by atoms with Crippen molar-refractivity contribution in [2.24, 2.45) is 0 Å². The van der Waals surface area contributed by atoms with Gasteiger partial charge in [0.15, 0.2) is 0 Å². The van der Waals surface area contributed by atoms with Crippen LogP contribution in [0.25, 0.3) is 17.0 Å². The molecule has 16 heteroatoms. The summed E-state index contributed by atoms with van der Waals surface area (Å²) in [5.74, 6) is -1.97. The number of carbonyl (C=O) groups excluding carboxylic acids is 2. The van der Waals surface area contributed by atoms with Gasteiger partial charge in [0.05, 0.1) is 22.1 Å². The summed E-state index contributed by atoms with van der Waals surface area (Å²) in [5.41, 5.74) is -2.00. The Bertz CT molecular complexity index is 1880. The molecule has 1 aliphatic heterocycles. The van der Waals surface area contributed by atoms with Crippen molar-refractivity contribution >= 4 is 46.9 Å². The van der Waals surface area contributed by atoms with Crippen LogP contribution in [-0.4, -0.2) is 82.7 Å². The first-order chi connectivity index (χ1) is 23.5. The molecule has 1 saturated heterocycles. The first-order valence-electron chi connectivity index (χ1n) is 15.6. The van der Waals surface area contributed by atoms with Gasteiger partial charge in [0.2, 0.25) is 5.91 Å². The Morgan fingerprint density at radius 3 is 2.20 bits per heavy atom. The predicted molar refractivity (Wildman–Crippen MR) is 181 cm³/mol. The van der Waals surface area contributed by atoms with Crippen LogP contribution in [0.4, 0.5) is 32.0 Å². The minimum Gasteiger partial charge on any atom is -0.361 e. The minimum absolute atomic E-state index is 0. The number of benzene rings is 3. The second-order valence-electron chi connectivity index (χ2n) is 12.3. The van der Waals surface area contributed by atoms with E-state index in [0.29, 0.717) is 30.7 Å². The molecule has 2 heterocycles. The number of nitro groups is 1. The summed E-state index contributed by atoms with van der Waals surface area (Å²) < 4.78 is 82.6. The van der Waals surface area contributed by atoms with Crippen LogP contribution < -0.4 is 0 Å². The molecule has 0 aliphatic carbocycles. The Balaban J connectivity index is 0.00000583. The summed E-state index contributed by atoms with van der Waals surface area (Å²) in [5, 5.41) is 11.8. The van der Waals surface area contributed by atoms with Crippen molar-refractivity contribution < 1.29 is 40.9 Å². The van der Waals surface area contributed by atoms with Gasteiger partial charge in [-0.15, -0.1) is 12.4 Å². The van der Waals surface area contributed by atoms with Crippen LogP contribution in [0.2, 0.25) is 0 Å². The van der Waals surface area contributed by atoms with Crippen LogP contribution in [0.3, 0.4) is 0 Å². The molecule has 1 aliphatic rings. The van der Waals surface area contributed by atoms with Crippen molar-refractivity contribution in [2.75, 3.05) is 40.3 Å². The SMILES string of the molecule is CN(C)CCC(c1c[nH]c2ccccc12)[C@@H]1CN(C(=O)C=Cc2ccc([N+](=O)[O-])cc2)CCN1C(=O)c1cc(C(F)(F)F)cc(C(F)(F)F)c1.Cl. The summed E-state index contributed by atoms with van der Waals surface area (Å²) in [6, 6.07) is 12.9. The van der Waals surface area contributed by atoms with Crippen molar-refractivity contribution in [1.29, 1.82) is 0 Å². The molecule has 1 fully saturated rings. The smallest absolute Gasteiger partial charge is 0.361 e. The number of para-hydroxylation sites is 1. The van der Waals surface area contributed by atoms with E-state index >= 15 is 0 Å². The first-order valence-corrected chi connectivity index (χ1v) is 15.6. The van der Waals surface area contributed by atoms with E-state index in [0.717, 1.165) is 16.5 Å². The lowest BCUT2D eigenvalue weighted by molar-refractivity contribution is -0.384. The number of non-ortho nitro benzene ring substituents is 1. The van der Waals surface area contributed by atoms with Gasteiger partial charge < -0.3 is 19.7 Å². The molecule has 1 unspecified atom stereocenters. The van der Waals surface area contributed by atoms with Gasteiger partial charge >= 0.3 is 12.4 Å². The standard InChI is InChI=1S/C35H33F6N5O4.ClH/c1-43(2)14-13-28(29-20-42-30-6-4-3-5-27(29)30)31-21-44(32(47)12-9-22-7-10-26(11-8-22)46(49)50)15-16-45(31)33(48)23-17-24(34(36,37)38)19-25(18-23)35(39,40)41;/h3-12,17-20,28,31,42H,13-16,21H2,1-2H3;1H/t28?,31-;/m0./s1. The molecule has 272 valence electrons. The zero-order chi connectivity index (χ0) is 36.4. The first kappa shape index (κ1) is 38.9. The van der Waals surface area contributed by atoms with E-state index in [9.17, 15) is 46.0 Å². The van der Waals surface area contributed by atoms with Gasteiger partial charge in [-0.1, -0.05) is 18.2 Å². The Morgan fingerprint density at radius 2 is 1.61 bits per heavy atom. The molecular formula is C35H34ClF6N5O4. The van der Waals surface area contributed by atoms with Crippen LogP contribution in [0.15, 0.2) is 79.0 Å². The quantitative estimate of drug-likeness (QED) is 0.0824. The van der Waals surface area contributed by atoms with E-state index in [-0.39, 0.29) is 43.8 Å². The Kier molecular flexibility index (Phi) is 11.9. The molecule has 0 saturated carbocycles. The highest BCUT2D eigenvalue weighted by molar-refractivity contribution is 5.96. The van der Waals surface area contributed by atoms with E-state index in [2.05, 4.69) is 4.98 Å². The molecule has 0 bridgehead atoms. The average molecular weight is 738 g/mol. The van der Waals surface area contributed by atoms with Crippen LogP contribution >= 0.6 is 12.4 Å². The number of hydrogen-bond acceptors (Lipinski definition) is 5. The lowest BCUT2D eigenvalue weighted by atomic mass is 9.85. The fraction of sp³-hybridized carbons (Fsp3) is 0.314. The molecule has 2 amide bonds. The van der Waals surface area contributed by atoms with Crippen molar-refractivity contribution in [3.8, 4) is 0 Å². The highest BCUT2D eigenvalue weighted by Gasteiger charge is 2.41. The zero-order valence-corrected chi connectivity index (χ0v) is 28.2. The van der Waals surface area contributed by atoms with Crippen LogP contribution in [-0.2, 0) is 17.1 Å². The van der Waals surface area contributed by atoms with Crippen LogP contribution in [0, 0.1) is 10.1 Å². The number of H-pyrrole nitrogens is 1. The molecule has 3 aromatic carbocycles. The maximum Gasteiger partial charge on any atom is 0.416 e. The number of nitro benzene ring substituents is 1. The molecule has 2 atom stereocenters.